The molecular formula is C24H21FN6O2. The zero-order valence-electron chi connectivity index (χ0n) is 17.6. The van der Waals surface area contributed by atoms with Crippen LogP contribution in [0.1, 0.15) is 27.9 Å². The van der Waals surface area contributed by atoms with E-state index in [1.165, 1.54) is 24.6 Å². The number of imidazole rings is 1. The number of halogens is 1. The Morgan fingerprint density at radius 3 is 2.88 bits per heavy atom. The molecular weight excluding hydrogens is 423 g/mol. The van der Waals surface area contributed by atoms with Gasteiger partial charge in [-0.25, -0.2) is 14.4 Å². The number of benzene rings is 2. The minimum atomic E-state index is -0.470. The predicted molar refractivity (Wildman–Crippen MR) is 121 cm³/mol. The summed E-state index contributed by atoms with van der Waals surface area (Å²) in [4.78, 5) is 28.4. The number of nitrogens with zero attached hydrogens (tertiary/aromatic N) is 3. The van der Waals surface area contributed by atoms with E-state index in [1.807, 2.05) is 18.2 Å². The summed E-state index contributed by atoms with van der Waals surface area (Å²) in [5.41, 5.74) is 2.26. The summed E-state index contributed by atoms with van der Waals surface area (Å²) in [6.07, 6.45) is 3.27. The molecule has 166 valence electrons. The van der Waals surface area contributed by atoms with Crippen LogP contribution in [0.15, 0.2) is 65.4 Å². The minimum absolute atomic E-state index is 0.0258. The van der Waals surface area contributed by atoms with Crippen LogP contribution in [0, 0.1) is 5.82 Å². The first-order valence-corrected chi connectivity index (χ1v) is 10.6. The number of fused-ring (bicyclic) bond motifs is 3. The van der Waals surface area contributed by atoms with E-state index in [0.717, 1.165) is 27.6 Å². The first-order chi connectivity index (χ1) is 16.2. The lowest BCUT2D eigenvalue weighted by molar-refractivity contribution is 0.0945. The zero-order valence-corrected chi connectivity index (χ0v) is 17.6. The van der Waals surface area contributed by atoms with Crippen molar-refractivity contribution in [1.29, 1.82) is 0 Å². The third-order valence-electron chi connectivity index (χ3n) is 5.27. The molecule has 0 spiro atoms. The lowest BCUT2D eigenvalue weighted by Crippen LogP contribution is -2.24. The smallest absolute Gasteiger partial charge is 0.273 e. The van der Waals surface area contributed by atoms with Gasteiger partial charge < -0.3 is 20.0 Å². The molecule has 0 aliphatic carbocycles. The van der Waals surface area contributed by atoms with Gasteiger partial charge in [-0.3, -0.25) is 9.78 Å². The number of amides is 1. The van der Waals surface area contributed by atoms with Crippen LogP contribution in [0.25, 0.3) is 21.8 Å². The van der Waals surface area contributed by atoms with Crippen LogP contribution < -0.4 is 10.6 Å². The highest BCUT2D eigenvalue weighted by Crippen LogP contribution is 2.23. The van der Waals surface area contributed by atoms with Crippen molar-refractivity contribution in [2.75, 3.05) is 6.54 Å². The van der Waals surface area contributed by atoms with Crippen LogP contribution in [0.3, 0.4) is 0 Å². The molecule has 0 aliphatic heterocycles. The number of oxazole rings is 1. The summed E-state index contributed by atoms with van der Waals surface area (Å²) in [5.74, 6) is 0.364. The molecule has 0 fully saturated rings. The van der Waals surface area contributed by atoms with Crippen LogP contribution >= 0.6 is 0 Å². The Labute approximate surface area is 188 Å². The van der Waals surface area contributed by atoms with Crippen molar-refractivity contribution < 1.29 is 13.6 Å². The van der Waals surface area contributed by atoms with Gasteiger partial charge in [0.15, 0.2) is 11.6 Å². The first-order valence-electron chi connectivity index (χ1n) is 10.6. The molecule has 1 amide bonds. The number of pyridine rings is 1. The van der Waals surface area contributed by atoms with Crippen molar-refractivity contribution in [2.24, 2.45) is 0 Å². The van der Waals surface area contributed by atoms with Crippen molar-refractivity contribution in [2.45, 2.75) is 19.5 Å². The molecule has 0 aliphatic rings. The Bertz CT molecular complexity index is 1430. The first kappa shape index (κ1) is 20.8. The predicted octanol–water partition coefficient (Wildman–Crippen LogP) is 3.50. The van der Waals surface area contributed by atoms with E-state index in [-0.39, 0.29) is 17.9 Å². The van der Waals surface area contributed by atoms with Crippen LogP contribution in [0.2, 0.25) is 0 Å². The molecule has 0 atom stereocenters. The van der Waals surface area contributed by atoms with Gasteiger partial charge in [0.2, 0.25) is 0 Å². The largest absolute Gasteiger partial charge is 0.448 e. The van der Waals surface area contributed by atoms with Crippen LogP contribution in [0.4, 0.5) is 4.39 Å². The number of aromatic amines is 1. The number of nitrogens with one attached hydrogen (secondary N) is 3. The van der Waals surface area contributed by atoms with Gasteiger partial charge in [-0.2, -0.15) is 0 Å². The monoisotopic (exact) mass is 444 g/mol. The third kappa shape index (κ3) is 4.58. The maximum absolute atomic E-state index is 13.6. The van der Waals surface area contributed by atoms with Crippen LogP contribution in [-0.2, 0) is 19.5 Å². The maximum atomic E-state index is 13.6. The number of rotatable bonds is 8. The van der Waals surface area contributed by atoms with E-state index in [2.05, 4.69) is 43.8 Å². The van der Waals surface area contributed by atoms with Crippen LogP contribution in [0.5, 0.6) is 0 Å². The molecule has 0 bridgehead atoms. The Hall–Kier alpha value is -4.11. The molecule has 3 N–H and O–H groups in total. The summed E-state index contributed by atoms with van der Waals surface area (Å²) in [7, 11) is 0. The molecule has 9 heteroatoms. The van der Waals surface area contributed by atoms with Gasteiger partial charge in [0.1, 0.15) is 17.9 Å². The Balaban J connectivity index is 1.13. The van der Waals surface area contributed by atoms with E-state index >= 15 is 0 Å². The van der Waals surface area contributed by atoms with Gasteiger partial charge in [-0.1, -0.05) is 30.3 Å². The molecule has 33 heavy (non-hydrogen) atoms. The van der Waals surface area contributed by atoms with Crippen LogP contribution in [-0.4, -0.2) is 32.4 Å². The number of aromatic nitrogens is 4. The molecule has 0 radical (unpaired) electrons. The number of carbonyl (C=O) groups is 1. The summed E-state index contributed by atoms with van der Waals surface area (Å²) in [6.45, 7) is 1.13. The number of hydrogen-bond acceptors (Lipinski definition) is 6. The average molecular weight is 444 g/mol. The minimum Gasteiger partial charge on any atom is -0.448 e. The molecule has 3 heterocycles. The fraction of sp³-hybridized carbons (Fsp3) is 0.167. The summed E-state index contributed by atoms with van der Waals surface area (Å²) < 4.78 is 19.0. The van der Waals surface area contributed by atoms with E-state index in [0.29, 0.717) is 25.4 Å². The normalized spacial score (nSPS) is 11.3. The fourth-order valence-corrected chi connectivity index (χ4v) is 3.61. The highest BCUT2D eigenvalue weighted by atomic mass is 19.1. The van der Waals surface area contributed by atoms with Crippen molar-refractivity contribution in [3.8, 4) is 0 Å². The molecule has 5 rings (SSSR count). The van der Waals surface area contributed by atoms with Gasteiger partial charge in [-0.05, 0) is 23.6 Å². The lowest BCUT2D eigenvalue weighted by atomic mass is 10.1. The van der Waals surface area contributed by atoms with Crippen molar-refractivity contribution in [1.82, 2.24) is 30.6 Å². The summed E-state index contributed by atoms with van der Waals surface area (Å²) in [5, 5.41) is 8.17. The second-order valence-corrected chi connectivity index (χ2v) is 7.53. The van der Waals surface area contributed by atoms with Crippen molar-refractivity contribution >= 4 is 27.7 Å². The SMILES string of the molecule is O=C(NCc1ncccc1F)c1coc(CCNCc2nc3c(ccc4ccccc43)[nH]2)n1. The summed E-state index contributed by atoms with van der Waals surface area (Å²) >= 11 is 0. The Morgan fingerprint density at radius 1 is 1.06 bits per heavy atom. The number of carbonyl (C=O) groups excluding carboxylic acids is 1. The summed E-state index contributed by atoms with van der Waals surface area (Å²) in [6, 6.07) is 15.1. The number of H-pyrrole nitrogens is 1. The lowest BCUT2D eigenvalue weighted by Gasteiger charge is -2.03. The molecule has 0 saturated heterocycles. The molecule has 8 nitrogen and oxygen atoms in total. The van der Waals surface area contributed by atoms with E-state index in [9.17, 15) is 9.18 Å². The highest BCUT2D eigenvalue weighted by molar-refractivity contribution is 6.04. The van der Waals surface area contributed by atoms with Gasteiger partial charge in [0, 0.05) is 24.5 Å². The molecule has 5 aromatic rings. The standard InChI is InChI=1S/C24H21FN6O2/c25-17-6-3-10-27-19(17)12-28-24(32)20-14-33-22(30-20)9-11-26-13-21-29-18-8-7-15-4-1-2-5-16(15)23(18)31-21/h1-8,10,14,26H,9,11-13H2,(H,28,32)(H,29,31). The Morgan fingerprint density at radius 2 is 1.97 bits per heavy atom. The van der Waals surface area contributed by atoms with Gasteiger partial charge >= 0.3 is 0 Å². The van der Waals surface area contributed by atoms with Crippen molar-refractivity contribution in [3.05, 3.63) is 89.9 Å². The molecule has 3 aromatic heterocycles. The molecule has 0 unspecified atom stereocenters. The second-order valence-electron chi connectivity index (χ2n) is 7.53. The van der Waals surface area contributed by atoms with E-state index in [1.54, 1.807) is 0 Å². The van der Waals surface area contributed by atoms with E-state index in [4.69, 9.17) is 9.40 Å². The zero-order chi connectivity index (χ0) is 22.6. The topological polar surface area (TPSA) is 109 Å². The maximum Gasteiger partial charge on any atom is 0.273 e. The number of hydrogen-bond donors (Lipinski definition) is 3. The van der Waals surface area contributed by atoms with Crippen molar-refractivity contribution in [3.63, 3.8) is 0 Å². The van der Waals surface area contributed by atoms with E-state index < -0.39 is 11.7 Å². The molecule has 0 saturated carbocycles. The van der Waals surface area contributed by atoms with Gasteiger partial charge in [0.05, 0.1) is 29.8 Å². The third-order valence-corrected chi connectivity index (χ3v) is 5.27. The average Bonchev–Trinajstić information content (AvgIpc) is 3.48. The Kier molecular flexibility index (Phi) is 5.77. The second kappa shape index (κ2) is 9.17. The fourth-order valence-electron chi connectivity index (χ4n) is 3.61. The molecule has 2 aromatic carbocycles. The quantitative estimate of drug-likeness (QED) is 0.316. The van der Waals surface area contributed by atoms with Gasteiger partial charge in [0.25, 0.3) is 5.91 Å². The highest BCUT2D eigenvalue weighted by Gasteiger charge is 2.13. The van der Waals surface area contributed by atoms with Gasteiger partial charge in [-0.15, -0.1) is 0 Å².